The fraction of sp³-hybridized carbons (Fsp3) is 0.625. The second-order valence-corrected chi connectivity index (χ2v) is 9.00. The molecule has 2 aliphatic heterocycles. The Labute approximate surface area is 140 Å². The molecular formula is C16H22F2N2O3S. The van der Waals surface area contributed by atoms with Gasteiger partial charge in [0.15, 0.2) is 11.6 Å². The first-order valence-corrected chi connectivity index (χ1v) is 9.81. The van der Waals surface area contributed by atoms with E-state index in [1.54, 1.807) is 6.07 Å². The van der Waals surface area contributed by atoms with Gasteiger partial charge in [0.1, 0.15) is 0 Å². The van der Waals surface area contributed by atoms with Gasteiger partial charge >= 0.3 is 0 Å². The van der Waals surface area contributed by atoms with Crippen LogP contribution in [0.3, 0.4) is 0 Å². The number of sulfonamides is 1. The number of halogens is 2. The Balaban J connectivity index is 1.75. The van der Waals surface area contributed by atoms with Gasteiger partial charge in [0.2, 0.25) is 10.0 Å². The summed E-state index contributed by atoms with van der Waals surface area (Å²) in [6.45, 7) is 2.39. The molecule has 0 bridgehead atoms. The van der Waals surface area contributed by atoms with Crippen molar-refractivity contribution < 1.29 is 22.3 Å². The Morgan fingerprint density at radius 1 is 1.29 bits per heavy atom. The van der Waals surface area contributed by atoms with E-state index < -0.39 is 27.1 Å². The highest BCUT2D eigenvalue weighted by Gasteiger charge is 2.51. The molecule has 0 radical (unpaired) electrons. The van der Waals surface area contributed by atoms with Gasteiger partial charge in [-0.25, -0.2) is 21.5 Å². The Bertz CT molecular complexity index is 728. The van der Waals surface area contributed by atoms with E-state index in [0.29, 0.717) is 31.7 Å². The summed E-state index contributed by atoms with van der Waals surface area (Å²) in [4.78, 5) is 2.07. The topological polar surface area (TPSA) is 60.9 Å². The molecule has 0 saturated carbocycles. The van der Waals surface area contributed by atoms with Crippen LogP contribution in [-0.2, 0) is 16.6 Å². The van der Waals surface area contributed by atoms with Gasteiger partial charge in [-0.15, -0.1) is 0 Å². The third-order valence-electron chi connectivity index (χ3n) is 5.29. The number of benzene rings is 1. The van der Waals surface area contributed by atoms with Crippen molar-refractivity contribution >= 4 is 10.0 Å². The van der Waals surface area contributed by atoms with E-state index >= 15 is 0 Å². The standard InChI is InChI=1S/C16H22F2N2O3S/c1-24(22,23)20-8-13-4-5-19(9-16(13,10-20)11-21)7-12-2-3-14(17)15(18)6-12/h2-3,6,13,21H,4-5,7-11H2,1H3/t13-,16+/m1/s1. The summed E-state index contributed by atoms with van der Waals surface area (Å²) in [5.41, 5.74) is 0.179. The normalized spacial score (nSPS) is 28.9. The van der Waals surface area contributed by atoms with E-state index in [0.717, 1.165) is 19.0 Å². The lowest BCUT2D eigenvalue weighted by Gasteiger charge is -2.43. The maximum atomic E-state index is 13.4. The van der Waals surface area contributed by atoms with Crippen molar-refractivity contribution in [1.29, 1.82) is 0 Å². The molecule has 3 rings (SSSR count). The Hall–Kier alpha value is -1.09. The van der Waals surface area contributed by atoms with Gasteiger partial charge in [-0.1, -0.05) is 6.07 Å². The van der Waals surface area contributed by atoms with E-state index in [1.165, 1.54) is 16.6 Å². The van der Waals surface area contributed by atoms with Crippen LogP contribution in [0.5, 0.6) is 0 Å². The van der Waals surface area contributed by atoms with Crippen LogP contribution in [0.1, 0.15) is 12.0 Å². The maximum absolute atomic E-state index is 13.4. The maximum Gasteiger partial charge on any atom is 0.211 e. The van der Waals surface area contributed by atoms with Gasteiger partial charge in [-0.05, 0) is 36.6 Å². The summed E-state index contributed by atoms with van der Waals surface area (Å²) in [5, 5.41) is 9.94. The molecule has 0 unspecified atom stereocenters. The second-order valence-electron chi connectivity index (χ2n) is 7.02. The summed E-state index contributed by atoms with van der Waals surface area (Å²) in [5.74, 6) is -1.62. The lowest BCUT2D eigenvalue weighted by atomic mass is 9.74. The minimum absolute atomic E-state index is 0.0854. The van der Waals surface area contributed by atoms with Gasteiger partial charge in [0, 0.05) is 31.6 Å². The van der Waals surface area contributed by atoms with Gasteiger partial charge in [-0.3, -0.25) is 4.90 Å². The minimum Gasteiger partial charge on any atom is -0.396 e. The highest BCUT2D eigenvalue weighted by molar-refractivity contribution is 7.88. The van der Waals surface area contributed by atoms with Crippen molar-refractivity contribution in [1.82, 2.24) is 9.21 Å². The second kappa shape index (κ2) is 6.33. The SMILES string of the molecule is CS(=O)(=O)N1C[C@H]2CCN(Cc3ccc(F)c(F)c3)C[C@@]2(CO)C1. The highest BCUT2D eigenvalue weighted by atomic mass is 32.2. The molecule has 1 N–H and O–H groups in total. The Kier molecular flexibility index (Phi) is 4.67. The average molecular weight is 360 g/mol. The number of hydrogen-bond donors (Lipinski definition) is 1. The Morgan fingerprint density at radius 3 is 2.67 bits per heavy atom. The van der Waals surface area contributed by atoms with Crippen molar-refractivity contribution in [2.75, 3.05) is 39.0 Å². The first-order valence-electron chi connectivity index (χ1n) is 7.96. The van der Waals surface area contributed by atoms with Crippen LogP contribution < -0.4 is 0 Å². The molecule has 0 spiro atoms. The predicted molar refractivity (Wildman–Crippen MR) is 85.7 cm³/mol. The van der Waals surface area contributed by atoms with E-state index in [4.69, 9.17) is 0 Å². The molecule has 1 aromatic rings. The number of nitrogens with zero attached hydrogens (tertiary/aromatic N) is 2. The zero-order valence-corrected chi connectivity index (χ0v) is 14.4. The van der Waals surface area contributed by atoms with E-state index in [1.807, 2.05) is 0 Å². The first kappa shape index (κ1) is 17.7. The fourth-order valence-electron chi connectivity index (χ4n) is 3.94. The van der Waals surface area contributed by atoms with Gasteiger partial charge < -0.3 is 5.11 Å². The van der Waals surface area contributed by atoms with Crippen molar-refractivity contribution in [2.45, 2.75) is 13.0 Å². The number of fused-ring (bicyclic) bond motifs is 1. The quantitative estimate of drug-likeness (QED) is 0.872. The molecule has 5 nitrogen and oxygen atoms in total. The number of rotatable bonds is 4. The Morgan fingerprint density at radius 2 is 2.04 bits per heavy atom. The monoisotopic (exact) mass is 360 g/mol. The van der Waals surface area contributed by atoms with E-state index in [9.17, 15) is 22.3 Å². The van der Waals surface area contributed by atoms with Crippen molar-refractivity contribution in [2.24, 2.45) is 11.3 Å². The van der Waals surface area contributed by atoms with E-state index in [2.05, 4.69) is 4.90 Å². The first-order chi connectivity index (χ1) is 11.2. The molecule has 1 aromatic carbocycles. The summed E-state index contributed by atoms with van der Waals surface area (Å²) in [6, 6.07) is 3.85. The summed E-state index contributed by atoms with van der Waals surface area (Å²) < 4.78 is 51.5. The summed E-state index contributed by atoms with van der Waals surface area (Å²) in [7, 11) is -3.28. The molecular weight excluding hydrogens is 338 g/mol. The highest BCUT2D eigenvalue weighted by Crippen LogP contribution is 2.42. The number of aliphatic hydroxyl groups excluding tert-OH is 1. The van der Waals surface area contributed by atoms with Crippen LogP contribution in [0.4, 0.5) is 8.78 Å². The molecule has 0 amide bonds. The fourth-order valence-corrected chi connectivity index (χ4v) is 4.88. The van der Waals surface area contributed by atoms with Crippen LogP contribution in [0.15, 0.2) is 18.2 Å². The molecule has 0 aromatic heterocycles. The number of hydrogen-bond acceptors (Lipinski definition) is 4. The molecule has 2 heterocycles. The molecule has 24 heavy (non-hydrogen) atoms. The van der Waals surface area contributed by atoms with Gasteiger partial charge in [-0.2, -0.15) is 0 Å². The van der Waals surface area contributed by atoms with Crippen LogP contribution >= 0.6 is 0 Å². The summed E-state index contributed by atoms with van der Waals surface area (Å²) >= 11 is 0. The largest absolute Gasteiger partial charge is 0.396 e. The predicted octanol–water partition coefficient (Wildman–Crippen LogP) is 1.04. The molecule has 2 atom stereocenters. The van der Waals surface area contributed by atoms with E-state index in [-0.39, 0.29) is 12.5 Å². The smallest absolute Gasteiger partial charge is 0.211 e. The van der Waals surface area contributed by atoms with Crippen LogP contribution in [0, 0.1) is 23.0 Å². The lowest BCUT2D eigenvalue weighted by molar-refractivity contribution is 0.00879. The third kappa shape index (κ3) is 3.33. The minimum atomic E-state index is -3.28. The molecule has 2 saturated heterocycles. The van der Waals surface area contributed by atoms with Crippen LogP contribution in [-0.4, -0.2) is 61.8 Å². The van der Waals surface area contributed by atoms with Crippen LogP contribution in [0.2, 0.25) is 0 Å². The lowest BCUT2D eigenvalue weighted by Crippen LogP contribution is -2.50. The molecule has 8 heteroatoms. The third-order valence-corrected chi connectivity index (χ3v) is 6.50. The zero-order chi connectivity index (χ0) is 17.5. The average Bonchev–Trinajstić information content (AvgIpc) is 2.91. The van der Waals surface area contributed by atoms with Crippen molar-refractivity contribution in [3.63, 3.8) is 0 Å². The van der Waals surface area contributed by atoms with Gasteiger partial charge in [0.25, 0.3) is 0 Å². The zero-order valence-electron chi connectivity index (χ0n) is 13.6. The van der Waals surface area contributed by atoms with Gasteiger partial charge in [0.05, 0.1) is 12.9 Å². The van der Waals surface area contributed by atoms with Crippen molar-refractivity contribution in [3.8, 4) is 0 Å². The van der Waals surface area contributed by atoms with Crippen LogP contribution in [0.25, 0.3) is 0 Å². The molecule has 2 fully saturated rings. The summed E-state index contributed by atoms with van der Waals surface area (Å²) in [6.07, 6.45) is 1.96. The number of aliphatic hydroxyl groups is 1. The number of piperidine rings is 1. The molecule has 134 valence electrons. The number of likely N-dealkylation sites (tertiary alicyclic amines) is 1. The molecule has 0 aliphatic carbocycles. The molecule has 2 aliphatic rings. The van der Waals surface area contributed by atoms with Crippen molar-refractivity contribution in [3.05, 3.63) is 35.4 Å².